The molecule has 0 unspecified atom stereocenters. The number of nitrogens with zero attached hydrogens (tertiary/aromatic N) is 3. The third-order valence-electron chi connectivity index (χ3n) is 7.19. The molecular formula is C32H26N3O3+. The van der Waals surface area contributed by atoms with Crippen LogP contribution in [0.3, 0.4) is 0 Å². The largest absolute Gasteiger partial charge is 0.466 e. The van der Waals surface area contributed by atoms with Crippen molar-refractivity contribution in [2.75, 3.05) is 6.61 Å². The number of pyridine rings is 1. The van der Waals surface area contributed by atoms with E-state index in [1.54, 1.807) is 6.92 Å². The fourth-order valence-electron chi connectivity index (χ4n) is 5.66. The minimum atomic E-state index is -1.16. The lowest BCUT2D eigenvalue weighted by Crippen LogP contribution is -2.56. The summed E-state index contributed by atoms with van der Waals surface area (Å²) in [6.07, 6.45) is 3.67. The van der Waals surface area contributed by atoms with Gasteiger partial charge in [0.05, 0.1) is 35.4 Å². The molecule has 2 aromatic heterocycles. The minimum Gasteiger partial charge on any atom is -0.466 e. The Morgan fingerprint density at radius 1 is 0.816 bits per heavy atom. The van der Waals surface area contributed by atoms with Gasteiger partial charge in [0.1, 0.15) is 5.41 Å². The molecule has 5 aromatic rings. The third-order valence-corrected chi connectivity index (χ3v) is 7.19. The highest BCUT2D eigenvalue weighted by atomic mass is 16.5. The van der Waals surface area contributed by atoms with Crippen LogP contribution in [0.5, 0.6) is 0 Å². The molecule has 0 radical (unpaired) electrons. The molecule has 3 aromatic carbocycles. The lowest BCUT2D eigenvalue weighted by atomic mass is 9.69. The van der Waals surface area contributed by atoms with Gasteiger partial charge in [0.25, 0.3) is 0 Å². The van der Waals surface area contributed by atoms with E-state index in [1.165, 1.54) is 0 Å². The summed E-state index contributed by atoms with van der Waals surface area (Å²) in [5.41, 5.74) is 3.85. The summed E-state index contributed by atoms with van der Waals surface area (Å²) in [6.45, 7) is 2.02. The number of hydrogen-bond donors (Lipinski definition) is 0. The van der Waals surface area contributed by atoms with E-state index >= 15 is 0 Å². The van der Waals surface area contributed by atoms with Crippen molar-refractivity contribution in [1.82, 2.24) is 9.97 Å². The molecule has 1 aliphatic rings. The first-order valence-electron chi connectivity index (χ1n) is 12.7. The van der Waals surface area contributed by atoms with Crippen molar-refractivity contribution in [3.05, 3.63) is 126 Å². The Bertz CT molecular complexity index is 1650. The van der Waals surface area contributed by atoms with E-state index in [-0.39, 0.29) is 18.8 Å². The molecule has 0 fully saturated rings. The van der Waals surface area contributed by atoms with Crippen LogP contribution in [-0.2, 0) is 14.9 Å². The van der Waals surface area contributed by atoms with E-state index in [2.05, 4.69) is 0 Å². The number of benzene rings is 3. The van der Waals surface area contributed by atoms with Gasteiger partial charge in [-0.1, -0.05) is 72.8 Å². The van der Waals surface area contributed by atoms with Crippen LogP contribution in [-0.4, -0.2) is 28.3 Å². The molecule has 6 heteroatoms. The molecular weight excluding hydrogens is 474 g/mol. The number of ether oxygens (including phenoxy) is 1. The molecule has 0 saturated carbocycles. The Hall–Kier alpha value is -4.71. The summed E-state index contributed by atoms with van der Waals surface area (Å²) < 4.78 is 7.40. The summed E-state index contributed by atoms with van der Waals surface area (Å²) in [7, 11) is 0. The van der Waals surface area contributed by atoms with Crippen molar-refractivity contribution in [3.8, 4) is 11.3 Å². The Labute approximate surface area is 220 Å². The van der Waals surface area contributed by atoms with Gasteiger partial charge in [-0.3, -0.25) is 9.59 Å². The second-order valence-corrected chi connectivity index (χ2v) is 9.36. The van der Waals surface area contributed by atoms with Gasteiger partial charge in [-0.2, -0.15) is 4.57 Å². The van der Waals surface area contributed by atoms with Crippen LogP contribution in [0.1, 0.15) is 41.0 Å². The average molecular weight is 501 g/mol. The molecule has 6 nitrogen and oxygen atoms in total. The molecule has 0 amide bonds. The third kappa shape index (κ3) is 3.77. The highest BCUT2D eigenvalue weighted by molar-refractivity contribution is 6.01. The van der Waals surface area contributed by atoms with Gasteiger partial charge in [0.2, 0.25) is 11.8 Å². The highest BCUT2D eigenvalue weighted by Crippen LogP contribution is 2.54. The Morgan fingerprint density at radius 2 is 1.45 bits per heavy atom. The molecule has 0 bridgehead atoms. The molecule has 6 rings (SSSR count). The number of carbonyl (C=O) groups is 2. The number of fused-ring (bicyclic) bond motifs is 4. The predicted molar refractivity (Wildman–Crippen MR) is 143 cm³/mol. The quantitative estimate of drug-likeness (QED) is 0.173. The SMILES string of the molecule is CCOC(=O)C[C@@]1([C@H](C(=O)c2ccccc2)[n+]2ccccc2)c2ccccc2-c2nc3ccccc3nc21. The van der Waals surface area contributed by atoms with Gasteiger partial charge in [-0.25, -0.2) is 9.97 Å². The Morgan fingerprint density at radius 3 is 2.18 bits per heavy atom. The van der Waals surface area contributed by atoms with E-state index in [1.807, 2.05) is 114 Å². The fraction of sp³-hybridized carbons (Fsp3) is 0.156. The number of esters is 1. The zero-order valence-electron chi connectivity index (χ0n) is 21.0. The van der Waals surface area contributed by atoms with Crippen LogP contribution in [0.25, 0.3) is 22.3 Å². The van der Waals surface area contributed by atoms with E-state index < -0.39 is 17.4 Å². The fourth-order valence-corrected chi connectivity index (χ4v) is 5.66. The number of ketones is 1. The van der Waals surface area contributed by atoms with Gasteiger partial charge in [-0.15, -0.1) is 0 Å². The summed E-state index contributed by atoms with van der Waals surface area (Å²) in [4.78, 5) is 38.1. The lowest BCUT2D eigenvalue weighted by Gasteiger charge is -2.33. The first-order chi connectivity index (χ1) is 18.6. The molecule has 0 N–H and O–H groups in total. The van der Waals surface area contributed by atoms with Crippen molar-refractivity contribution in [2.45, 2.75) is 24.8 Å². The van der Waals surface area contributed by atoms with Gasteiger partial charge in [0, 0.05) is 23.3 Å². The second-order valence-electron chi connectivity index (χ2n) is 9.36. The maximum absolute atomic E-state index is 14.5. The van der Waals surface area contributed by atoms with Crippen LogP contribution in [0.15, 0.2) is 109 Å². The van der Waals surface area contributed by atoms with Crippen LogP contribution >= 0.6 is 0 Å². The number of rotatable bonds is 7. The molecule has 1 aliphatic carbocycles. The lowest BCUT2D eigenvalue weighted by molar-refractivity contribution is -0.715. The highest BCUT2D eigenvalue weighted by Gasteiger charge is 2.60. The summed E-state index contributed by atoms with van der Waals surface area (Å²) in [5, 5.41) is 0. The van der Waals surface area contributed by atoms with Gasteiger partial charge >= 0.3 is 5.97 Å². The smallest absolute Gasteiger partial charge is 0.307 e. The Balaban J connectivity index is 1.72. The Kier molecular flexibility index (Phi) is 6.00. The van der Waals surface area contributed by atoms with Crippen LogP contribution < -0.4 is 4.57 Å². The zero-order valence-corrected chi connectivity index (χ0v) is 21.0. The van der Waals surface area contributed by atoms with Crippen molar-refractivity contribution in [1.29, 1.82) is 0 Å². The predicted octanol–water partition coefficient (Wildman–Crippen LogP) is 5.26. The van der Waals surface area contributed by atoms with Gasteiger partial charge in [0.15, 0.2) is 12.4 Å². The van der Waals surface area contributed by atoms with E-state index in [0.29, 0.717) is 22.5 Å². The van der Waals surface area contributed by atoms with Crippen molar-refractivity contribution in [2.24, 2.45) is 0 Å². The van der Waals surface area contributed by atoms with E-state index in [9.17, 15) is 9.59 Å². The molecule has 0 saturated heterocycles. The summed E-state index contributed by atoms with van der Waals surface area (Å²) >= 11 is 0. The summed E-state index contributed by atoms with van der Waals surface area (Å²) in [5.74, 6) is -0.517. The molecule has 2 atom stereocenters. The molecule has 186 valence electrons. The van der Waals surface area contributed by atoms with Crippen molar-refractivity contribution < 1.29 is 18.9 Å². The average Bonchev–Trinajstić information content (AvgIpc) is 3.22. The number of carbonyl (C=O) groups excluding carboxylic acids is 2. The molecule has 0 spiro atoms. The van der Waals surface area contributed by atoms with E-state index in [4.69, 9.17) is 14.7 Å². The summed E-state index contributed by atoms with van der Waals surface area (Å²) in [6, 6.07) is 29.6. The first kappa shape index (κ1) is 23.7. The van der Waals surface area contributed by atoms with Crippen molar-refractivity contribution >= 4 is 22.8 Å². The van der Waals surface area contributed by atoms with Crippen molar-refractivity contribution in [3.63, 3.8) is 0 Å². The first-order valence-corrected chi connectivity index (χ1v) is 12.7. The molecule has 2 heterocycles. The van der Waals surface area contributed by atoms with Gasteiger partial charge < -0.3 is 4.74 Å². The minimum absolute atomic E-state index is 0.0665. The standard InChI is InChI=1S/C32H26N3O3/c1-2-38-27(36)21-32(31(35-19-11-4-12-20-35)29(37)22-13-5-3-6-14-22)24-16-8-7-15-23(24)28-30(32)34-26-18-10-9-17-25(26)33-28/h3-20,31H,2,21H2,1H3/q+1/t31-,32+/m0/s1. The van der Waals surface area contributed by atoms with Crippen LogP contribution in [0, 0.1) is 0 Å². The van der Waals surface area contributed by atoms with Crippen LogP contribution in [0.2, 0.25) is 0 Å². The normalized spacial score (nSPS) is 16.4. The zero-order chi connectivity index (χ0) is 26.1. The number of Topliss-reactive ketones (excluding diaryl/α,β-unsaturated/α-hetero) is 1. The number of para-hydroxylation sites is 2. The monoisotopic (exact) mass is 500 g/mol. The maximum Gasteiger partial charge on any atom is 0.307 e. The van der Waals surface area contributed by atoms with E-state index in [0.717, 1.165) is 16.6 Å². The molecule has 0 aliphatic heterocycles. The van der Waals surface area contributed by atoms with Crippen LogP contribution in [0.4, 0.5) is 0 Å². The number of hydrogen-bond acceptors (Lipinski definition) is 5. The number of aromatic nitrogens is 3. The second kappa shape index (κ2) is 9.63. The van der Waals surface area contributed by atoms with Gasteiger partial charge in [-0.05, 0) is 24.6 Å². The maximum atomic E-state index is 14.5. The molecule has 38 heavy (non-hydrogen) atoms. The topological polar surface area (TPSA) is 73.0 Å².